The van der Waals surface area contributed by atoms with Crippen LogP contribution in [0.1, 0.15) is 40.7 Å². The summed E-state index contributed by atoms with van der Waals surface area (Å²) in [4.78, 5) is 25.4. The van der Waals surface area contributed by atoms with Crippen molar-refractivity contribution in [3.05, 3.63) is 41.9 Å². The summed E-state index contributed by atoms with van der Waals surface area (Å²) in [5.41, 5.74) is 0.600. The fourth-order valence-corrected chi connectivity index (χ4v) is 3.25. The Labute approximate surface area is 175 Å². The Morgan fingerprint density at radius 1 is 1.17 bits per heavy atom. The normalized spacial score (nSPS) is 18.3. The average molecular weight is 424 g/mol. The van der Waals surface area contributed by atoms with Crippen LogP contribution in [0.2, 0.25) is 0 Å². The number of carbonyl (C=O) groups excluding carboxylic acids is 2. The minimum absolute atomic E-state index is 0. The number of hydrogen-bond acceptors (Lipinski definition) is 6. The molecule has 29 heavy (non-hydrogen) atoms. The molecule has 9 heteroatoms. The summed E-state index contributed by atoms with van der Waals surface area (Å²) in [6.45, 7) is 2.98. The van der Waals surface area contributed by atoms with Crippen molar-refractivity contribution in [3.63, 3.8) is 0 Å². The largest absolute Gasteiger partial charge is 0.493 e. The molecule has 2 atom stereocenters. The molecule has 3 N–H and O–H groups in total. The molecule has 1 aromatic heterocycles. The number of ether oxygens (including phenoxy) is 2. The maximum absolute atomic E-state index is 13.0. The maximum Gasteiger partial charge on any atom is 0.291 e. The van der Waals surface area contributed by atoms with Crippen molar-refractivity contribution in [2.45, 2.75) is 31.8 Å². The van der Waals surface area contributed by atoms with Crippen LogP contribution in [0.5, 0.6) is 11.5 Å². The van der Waals surface area contributed by atoms with Gasteiger partial charge in [-0.3, -0.25) is 9.59 Å². The molecule has 1 saturated heterocycles. The standard InChI is InChI=1S/C20H25N3O5.ClH/c1-12-14(6-4-8-21-12)22-19(24)13-10-17(26-2)18(27-3)11-15(13)23-20(25)16-7-5-9-28-16;/h5,7,9-12,14,21H,4,6,8H2,1-3H3,(H,22,24)(H,23,25);1H. The van der Waals surface area contributed by atoms with Gasteiger partial charge in [-0.25, -0.2) is 0 Å². The highest BCUT2D eigenvalue weighted by molar-refractivity contribution is 6.08. The maximum atomic E-state index is 13.0. The van der Waals surface area contributed by atoms with Crippen LogP contribution in [-0.4, -0.2) is 44.7 Å². The smallest absolute Gasteiger partial charge is 0.291 e. The highest BCUT2D eigenvalue weighted by Gasteiger charge is 2.26. The number of furan rings is 1. The Kier molecular flexibility index (Phi) is 7.92. The van der Waals surface area contributed by atoms with E-state index in [1.54, 1.807) is 24.3 Å². The fourth-order valence-electron chi connectivity index (χ4n) is 3.25. The summed E-state index contributed by atoms with van der Waals surface area (Å²) in [7, 11) is 2.98. The van der Waals surface area contributed by atoms with E-state index < -0.39 is 5.91 Å². The monoisotopic (exact) mass is 423 g/mol. The molecule has 0 aliphatic carbocycles. The number of anilines is 1. The molecule has 1 aliphatic rings. The number of benzene rings is 1. The minimum atomic E-state index is -0.459. The first kappa shape index (κ1) is 22.6. The topological polar surface area (TPSA) is 102 Å². The third-order valence-electron chi connectivity index (χ3n) is 4.84. The third kappa shape index (κ3) is 5.21. The van der Waals surface area contributed by atoms with Gasteiger partial charge in [-0.2, -0.15) is 0 Å². The second-order valence-electron chi connectivity index (χ2n) is 6.65. The first-order valence-corrected chi connectivity index (χ1v) is 9.18. The predicted molar refractivity (Wildman–Crippen MR) is 111 cm³/mol. The molecule has 1 aromatic carbocycles. The molecule has 0 bridgehead atoms. The van der Waals surface area contributed by atoms with E-state index in [1.165, 1.54) is 20.5 Å². The van der Waals surface area contributed by atoms with Crippen LogP contribution in [0.15, 0.2) is 34.9 Å². The van der Waals surface area contributed by atoms with Crippen LogP contribution in [0.25, 0.3) is 0 Å². The van der Waals surface area contributed by atoms with Gasteiger partial charge in [-0.15, -0.1) is 12.4 Å². The number of hydrogen-bond donors (Lipinski definition) is 3. The van der Waals surface area contributed by atoms with Gasteiger partial charge in [-0.1, -0.05) is 0 Å². The lowest BCUT2D eigenvalue weighted by molar-refractivity contribution is 0.0920. The number of halogens is 1. The molecule has 2 amide bonds. The van der Waals surface area contributed by atoms with E-state index in [4.69, 9.17) is 13.9 Å². The third-order valence-corrected chi connectivity index (χ3v) is 4.84. The molecule has 2 heterocycles. The van der Waals surface area contributed by atoms with Gasteiger partial charge in [0.1, 0.15) is 0 Å². The van der Waals surface area contributed by atoms with Crippen molar-refractivity contribution in [2.75, 3.05) is 26.1 Å². The summed E-state index contributed by atoms with van der Waals surface area (Å²) in [5, 5.41) is 9.13. The Balaban J connectivity index is 0.00000300. The fraction of sp³-hybridized carbons (Fsp3) is 0.400. The van der Waals surface area contributed by atoms with E-state index in [1.807, 2.05) is 6.92 Å². The zero-order chi connectivity index (χ0) is 20.1. The molecule has 3 rings (SSSR count). The van der Waals surface area contributed by atoms with E-state index in [2.05, 4.69) is 16.0 Å². The Hall–Kier alpha value is -2.71. The van der Waals surface area contributed by atoms with Gasteiger partial charge in [0.25, 0.3) is 11.8 Å². The number of carbonyl (C=O) groups is 2. The van der Waals surface area contributed by atoms with Crippen LogP contribution in [0.3, 0.4) is 0 Å². The molecule has 1 aliphatic heterocycles. The number of rotatable bonds is 6. The van der Waals surface area contributed by atoms with Crippen LogP contribution in [-0.2, 0) is 0 Å². The van der Waals surface area contributed by atoms with E-state index in [0.29, 0.717) is 17.2 Å². The second-order valence-corrected chi connectivity index (χ2v) is 6.65. The number of methoxy groups -OCH3 is 2. The molecule has 2 unspecified atom stereocenters. The summed E-state index contributed by atoms with van der Waals surface area (Å²) >= 11 is 0. The van der Waals surface area contributed by atoms with Crippen LogP contribution >= 0.6 is 12.4 Å². The van der Waals surface area contributed by atoms with Crippen LogP contribution in [0.4, 0.5) is 5.69 Å². The van der Waals surface area contributed by atoms with Crippen molar-refractivity contribution < 1.29 is 23.5 Å². The van der Waals surface area contributed by atoms with Gasteiger partial charge in [0.05, 0.1) is 31.7 Å². The number of nitrogens with one attached hydrogen (secondary N) is 3. The molecular weight excluding hydrogens is 398 g/mol. The number of piperidine rings is 1. The summed E-state index contributed by atoms with van der Waals surface area (Å²) in [6.07, 6.45) is 3.29. The van der Waals surface area contributed by atoms with Crippen molar-refractivity contribution in [2.24, 2.45) is 0 Å². The molecule has 158 valence electrons. The summed E-state index contributed by atoms with van der Waals surface area (Å²) in [6, 6.07) is 6.46. The Morgan fingerprint density at radius 2 is 1.90 bits per heavy atom. The minimum Gasteiger partial charge on any atom is -0.493 e. The lowest BCUT2D eigenvalue weighted by Gasteiger charge is -2.31. The van der Waals surface area contributed by atoms with E-state index in [9.17, 15) is 9.59 Å². The molecule has 8 nitrogen and oxygen atoms in total. The first-order valence-electron chi connectivity index (χ1n) is 9.18. The molecule has 1 fully saturated rings. The Bertz CT molecular complexity index is 841. The van der Waals surface area contributed by atoms with E-state index in [0.717, 1.165) is 19.4 Å². The van der Waals surface area contributed by atoms with Crippen molar-refractivity contribution in [1.82, 2.24) is 10.6 Å². The van der Waals surface area contributed by atoms with Gasteiger partial charge in [-0.05, 0) is 44.5 Å². The molecule has 0 spiro atoms. The van der Waals surface area contributed by atoms with Crippen molar-refractivity contribution in [1.29, 1.82) is 0 Å². The molecule has 0 saturated carbocycles. The summed E-state index contributed by atoms with van der Waals surface area (Å²) < 4.78 is 15.8. The van der Waals surface area contributed by atoms with Crippen molar-refractivity contribution >= 4 is 29.9 Å². The molecule has 0 radical (unpaired) electrons. The Morgan fingerprint density at radius 3 is 2.52 bits per heavy atom. The SMILES string of the molecule is COc1cc(NC(=O)c2ccco2)c(C(=O)NC2CCCNC2C)cc1OC.Cl. The van der Waals surface area contributed by atoms with Gasteiger partial charge >= 0.3 is 0 Å². The lowest BCUT2D eigenvalue weighted by Crippen LogP contribution is -2.52. The van der Waals surface area contributed by atoms with Gasteiger partial charge in [0.15, 0.2) is 17.3 Å². The van der Waals surface area contributed by atoms with Crippen LogP contribution in [0, 0.1) is 0 Å². The van der Waals surface area contributed by atoms with Crippen molar-refractivity contribution in [3.8, 4) is 11.5 Å². The van der Waals surface area contributed by atoms with Crippen LogP contribution < -0.4 is 25.4 Å². The van der Waals surface area contributed by atoms with Gasteiger partial charge in [0.2, 0.25) is 0 Å². The zero-order valence-electron chi connectivity index (χ0n) is 16.6. The number of amides is 2. The molecule has 2 aromatic rings. The lowest BCUT2D eigenvalue weighted by atomic mass is 9.99. The van der Waals surface area contributed by atoms with Gasteiger partial charge in [0, 0.05) is 18.2 Å². The van der Waals surface area contributed by atoms with E-state index in [-0.39, 0.29) is 41.7 Å². The summed E-state index contributed by atoms with van der Waals surface area (Å²) in [5.74, 6) is 0.196. The average Bonchev–Trinajstić information content (AvgIpc) is 3.24. The zero-order valence-corrected chi connectivity index (χ0v) is 17.4. The highest BCUT2D eigenvalue weighted by atomic mass is 35.5. The second kappa shape index (κ2) is 10.2. The molecular formula is C20H26ClN3O5. The highest BCUT2D eigenvalue weighted by Crippen LogP contribution is 2.34. The van der Waals surface area contributed by atoms with E-state index >= 15 is 0 Å². The first-order chi connectivity index (χ1) is 13.5. The van der Waals surface area contributed by atoms with Gasteiger partial charge < -0.3 is 29.8 Å². The predicted octanol–water partition coefficient (Wildman–Crippen LogP) is 2.84. The quantitative estimate of drug-likeness (QED) is 0.660.